The van der Waals surface area contributed by atoms with Gasteiger partial charge in [-0.2, -0.15) is 13.2 Å². The van der Waals surface area contributed by atoms with Crippen molar-refractivity contribution < 1.29 is 18.0 Å². The van der Waals surface area contributed by atoms with E-state index in [-0.39, 0.29) is 5.13 Å². The third-order valence-corrected chi connectivity index (χ3v) is 3.58. The van der Waals surface area contributed by atoms with Crippen LogP contribution in [0.25, 0.3) is 0 Å². The molecule has 1 N–H and O–H groups in total. The molecule has 19 heavy (non-hydrogen) atoms. The number of nitrogens with one attached hydrogen (secondary N) is 1. The third kappa shape index (κ3) is 3.32. The second-order valence-electron chi connectivity index (χ2n) is 3.47. The van der Waals surface area contributed by atoms with Crippen LogP contribution < -0.4 is 5.32 Å². The molecule has 2 aromatic rings. The summed E-state index contributed by atoms with van der Waals surface area (Å²) in [5, 5.41) is 3.10. The number of anilines is 1. The molecule has 100 valence electrons. The summed E-state index contributed by atoms with van der Waals surface area (Å²) in [6.07, 6.45) is -4.51. The number of amides is 1. The molecule has 1 aromatic carbocycles. The Balaban J connectivity index is 2.16. The molecular weight excluding hydrogens is 345 g/mol. The van der Waals surface area contributed by atoms with Crippen molar-refractivity contribution in [2.24, 2.45) is 0 Å². The number of nitrogens with zero attached hydrogens (tertiary/aromatic N) is 1. The van der Waals surface area contributed by atoms with E-state index in [4.69, 9.17) is 0 Å². The molecule has 0 unspecified atom stereocenters. The van der Waals surface area contributed by atoms with Crippen LogP contribution in [0.15, 0.2) is 34.1 Å². The minimum Gasteiger partial charge on any atom is -0.298 e. The average molecular weight is 351 g/mol. The SMILES string of the molecule is O=C(Nc1nc(C(F)(F)F)cs1)c1ccccc1Br. The zero-order valence-electron chi connectivity index (χ0n) is 9.16. The van der Waals surface area contributed by atoms with E-state index in [1.807, 2.05) is 0 Å². The number of aromatic nitrogens is 1. The highest BCUT2D eigenvalue weighted by Gasteiger charge is 2.33. The molecule has 1 amide bonds. The number of alkyl halides is 3. The van der Waals surface area contributed by atoms with E-state index in [0.29, 0.717) is 10.0 Å². The summed E-state index contributed by atoms with van der Waals surface area (Å²) in [5.74, 6) is -0.518. The van der Waals surface area contributed by atoms with Crippen LogP contribution in [-0.4, -0.2) is 10.9 Å². The van der Waals surface area contributed by atoms with Crippen molar-refractivity contribution in [3.8, 4) is 0 Å². The first-order chi connectivity index (χ1) is 8.88. The monoisotopic (exact) mass is 350 g/mol. The molecule has 0 aliphatic heterocycles. The van der Waals surface area contributed by atoms with Gasteiger partial charge in [0.15, 0.2) is 10.8 Å². The first kappa shape index (κ1) is 14.0. The van der Waals surface area contributed by atoms with Crippen molar-refractivity contribution in [3.05, 3.63) is 45.4 Å². The predicted octanol–water partition coefficient (Wildman–Crippen LogP) is 4.18. The normalized spacial score (nSPS) is 11.4. The fraction of sp³-hybridized carbons (Fsp3) is 0.0909. The van der Waals surface area contributed by atoms with Gasteiger partial charge in [0.1, 0.15) is 0 Å². The molecule has 0 saturated carbocycles. The van der Waals surface area contributed by atoms with Crippen LogP contribution in [0.5, 0.6) is 0 Å². The van der Waals surface area contributed by atoms with E-state index in [1.165, 1.54) is 0 Å². The van der Waals surface area contributed by atoms with Crippen molar-refractivity contribution in [1.29, 1.82) is 0 Å². The Morgan fingerprint density at radius 3 is 2.58 bits per heavy atom. The number of carbonyl (C=O) groups is 1. The number of thiazole rings is 1. The quantitative estimate of drug-likeness (QED) is 0.882. The molecule has 0 bridgehead atoms. The molecule has 0 saturated heterocycles. The molecule has 1 aromatic heterocycles. The maximum atomic E-state index is 12.3. The lowest BCUT2D eigenvalue weighted by Crippen LogP contribution is -2.13. The first-order valence-electron chi connectivity index (χ1n) is 4.96. The van der Waals surface area contributed by atoms with Gasteiger partial charge in [0.2, 0.25) is 0 Å². The zero-order valence-corrected chi connectivity index (χ0v) is 11.6. The van der Waals surface area contributed by atoms with Gasteiger partial charge in [-0.25, -0.2) is 4.98 Å². The van der Waals surface area contributed by atoms with Crippen LogP contribution in [0.4, 0.5) is 18.3 Å². The summed E-state index contributed by atoms with van der Waals surface area (Å²) >= 11 is 3.92. The Morgan fingerprint density at radius 2 is 2.00 bits per heavy atom. The molecule has 8 heteroatoms. The molecule has 0 aliphatic rings. The molecule has 3 nitrogen and oxygen atoms in total. The van der Waals surface area contributed by atoms with Crippen LogP contribution in [0.1, 0.15) is 16.1 Å². The fourth-order valence-electron chi connectivity index (χ4n) is 1.27. The maximum absolute atomic E-state index is 12.3. The molecule has 0 fully saturated rings. The lowest BCUT2D eigenvalue weighted by molar-refractivity contribution is -0.140. The van der Waals surface area contributed by atoms with E-state index in [1.54, 1.807) is 24.3 Å². The molecule has 0 spiro atoms. The predicted molar refractivity (Wildman–Crippen MR) is 69.2 cm³/mol. The Morgan fingerprint density at radius 1 is 1.32 bits per heavy atom. The van der Waals surface area contributed by atoms with Crippen molar-refractivity contribution >= 4 is 38.3 Å². The van der Waals surface area contributed by atoms with Crippen LogP contribution in [0, 0.1) is 0 Å². The van der Waals surface area contributed by atoms with Gasteiger partial charge in [-0.05, 0) is 28.1 Å². The number of benzene rings is 1. The lowest BCUT2D eigenvalue weighted by atomic mass is 10.2. The van der Waals surface area contributed by atoms with E-state index < -0.39 is 17.8 Å². The van der Waals surface area contributed by atoms with Gasteiger partial charge >= 0.3 is 6.18 Å². The summed E-state index contributed by atoms with van der Waals surface area (Å²) in [5.41, 5.74) is -0.689. The number of carbonyl (C=O) groups excluding carboxylic acids is 1. The number of hydrogen-bond donors (Lipinski definition) is 1. The van der Waals surface area contributed by atoms with Crippen LogP contribution in [-0.2, 0) is 6.18 Å². The van der Waals surface area contributed by atoms with Crippen molar-refractivity contribution in [2.45, 2.75) is 6.18 Å². The third-order valence-electron chi connectivity index (χ3n) is 2.13. The Labute approximate surface area is 118 Å². The zero-order chi connectivity index (χ0) is 14.0. The van der Waals surface area contributed by atoms with Gasteiger partial charge in [0, 0.05) is 9.85 Å². The second-order valence-corrected chi connectivity index (χ2v) is 5.18. The summed E-state index contributed by atoms with van der Waals surface area (Å²) < 4.78 is 37.6. The van der Waals surface area contributed by atoms with Crippen LogP contribution in [0.3, 0.4) is 0 Å². The largest absolute Gasteiger partial charge is 0.434 e. The van der Waals surface area contributed by atoms with Crippen molar-refractivity contribution in [2.75, 3.05) is 5.32 Å². The molecule has 0 radical (unpaired) electrons. The van der Waals surface area contributed by atoms with Gasteiger partial charge in [-0.3, -0.25) is 10.1 Å². The maximum Gasteiger partial charge on any atom is 0.434 e. The van der Waals surface area contributed by atoms with Gasteiger partial charge in [-0.15, -0.1) is 11.3 Å². The molecule has 1 heterocycles. The van der Waals surface area contributed by atoms with Gasteiger partial charge in [0.05, 0.1) is 5.56 Å². The van der Waals surface area contributed by atoms with Crippen LogP contribution >= 0.6 is 27.3 Å². The Bertz CT molecular complexity index is 612. The summed E-state index contributed by atoms with van der Waals surface area (Å²) in [6, 6.07) is 6.60. The first-order valence-corrected chi connectivity index (χ1v) is 6.64. The molecule has 0 aliphatic carbocycles. The highest BCUT2D eigenvalue weighted by Crippen LogP contribution is 2.31. The Hall–Kier alpha value is -1.41. The molecule has 2 rings (SSSR count). The summed E-state index contributed by atoms with van der Waals surface area (Å²) in [7, 11) is 0. The van der Waals surface area contributed by atoms with Crippen molar-refractivity contribution in [3.63, 3.8) is 0 Å². The van der Waals surface area contributed by atoms with Crippen LogP contribution in [0.2, 0.25) is 0 Å². The summed E-state index contributed by atoms with van der Waals surface area (Å²) in [4.78, 5) is 15.2. The van der Waals surface area contributed by atoms with Gasteiger partial charge in [0.25, 0.3) is 5.91 Å². The molecule has 0 atom stereocenters. The number of rotatable bonds is 2. The van der Waals surface area contributed by atoms with E-state index >= 15 is 0 Å². The van der Waals surface area contributed by atoms with Gasteiger partial charge in [-0.1, -0.05) is 12.1 Å². The topological polar surface area (TPSA) is 42.0 Å². The molecular formula is C11H6BrF3N2OS. The van der Waals surface area contributed by atoms with E-state index in [0.717, 1.165) is 16.7 Å². The fourth-order valence-corrected chi connectivity index (χ4v) is 2.45. The summed E-state index contributed by atoms with van der Waals surface area (Å²) in [6.45, 7) is 0. The minimum absolute atomic E-state index is 0.0897. The standard InChI is InChI=1S/C11H6BrF3N2OS/c12-7-4-2-1-3-6(7)9(18)17-10-16-8(5-19-10)11(13,14)15/h1-5H,(H,16,17,18). The highest BCUT2D eigenvalue weighted by atomic mass is 79.9. The second kappa shape index (κ2) is 5.30. The smallest absolute Gasteiger partial charge is 0.298 e. The van der Waals surface area contributed by atoms with E-state index in [2.05, 4.69) is 26.2 Å². The van der Waals surface area contributed by atoms with Gasteiger partial charge < -0.3 is 0 Å². The van der Waals surface area contributed by atoms with Crippen molar-refractivity contribution in [1.82, 2.24) is 4.98 Å². The number of hydrogen-bond acceptors (Lipinski definition) is 3. The van der Waals surface area contributed by atoms with E-state index in [9.17, 15) is 18.0 Å². The minimum atomic E-state index is -4.51. The average Bonchev–Trinajstić information content (AvgIpc) is 2.77. The highest BCUT2D eigenvalue weighted by molar-refractivity contribution is 9.10. The number of halogens is 4. The Kier molecular flexibility index (Phi) is 3.91. The lowest BCUT2D eigenvalue weighted by Gasteiger charge is -2.04.